The summed E-state index contributed by atoms with van der Waals surface area (Å²) in [5, 5.41) is 30.7. The van der Waals surface area contributed by atoms with Gasteiger partial charge in [0.15, 0.2) is 6.29 Å². The fraction of sp³-hybridized carbons (Fsp3) is 0.625. The maximum Gasteiger partial charge on any atom is 0.305 e. The van der Waals surface area contributed by atoms with E-state index in [-0.39, 0.29) is 23.7 Å². The van der Waals surface area contributed by atoms with E-state index >= 15 is 0 Å². The van der Waals surface area contributed by atoms with E-state index in [4.69, 9.17) is 9.47 Å². The monoisotopic (exact) mass is 479 g/mol. The van der Waals surface area contributed by atoms with Crippen molar-refractivity contribution in [2.24, 2.45) is 0 Å². The van der Waals surface area contributed by atoms with Gasteiger partial charge in [-0.2, -0.15) is 0 Å². The summed E-state index contributed by atoms with van der Waals surface area (Å²) >= 11 is 0. The molecule has 10 heteroatoms. The Morgan fingerprint density at radius 2 is 1.56 bits per heavy atom. The van der Waals surface area contributed by atoms with Crippen molar-refractivity contribution >= 4 is 17.8 Å². The van der Waals surface area contributed by atoms with E-state index < -0.39 is 49.1 Å². The maximum absolute atomic E-state index is 12.9. The van der Waals surface area contributed by atoms with Crippen LogP contribution in [0.2, 0.25) is 0 Å². The van der Waals surface area contributed by atoms with Gasteiger partial charge in [0.1, 0.15) is 24.4 Å². The highest BCUT2D eigenvalue weighted by molar-refractivity contribution is 6.21. The topological polar surface area (TPSA) is 143 Å². The number of hydrogen-bond donors (Lipinski definition) is 3. The number of nitrogens with zero attached hydrogens (tertiary/aromatic N) is 1. The number of carbonyl (C=O) groups excluding carboxylic acids is 3. The molecule has 0 unspecified atom stereocenters. The number of unbranched alkanes of at least 4 members (excludes halogenated alkanes) is 5. The number of esters is 1. The van der Waals surface area contributed by atoms with Crippen molar-refractivity contribution in [3.63, 3.8) is 0 Å². The van der Waals surface area contributed by atoms with E-state index in [9.17, 15) is 29.7 Å². The number of methoxy groups -OCH3 is 1. The summed E-state index contributed by atoms with van der Waals surface area (Å²) in [6.45, 7) is -0.314. The first-order valence-electron chi connectivity index (χ1n) is 11.7. The lowest BCUT2D eigenvalue weighted by Gasteiger charge is -2.44. The lowest BCUT2D eigenvalue weighted by molar-refractivity contribution is -0.279. The van der Waals surface area contributed by atoms with Crippen molar-refractivity contribution in [3.8, 4) is 0 Å². The van der Waals surface area contributed by atoms with Crippen LogP contribution in [0, 0.1) is 0 Å². The average Bonchev–Trinajstić information content (AvgIpc) is 3.10. The van der Waals surface area contributed by atoms with E-state index in [1.807, 2.05) is 0 Å². The molecular weight excluding hydrogens is 446 g/mol. The minimum atomic E-state index is -1.55. The van der Waals surface area contributed by atoms with Gasteiger partial charge in [-0.15, -0.1) is 0 Å². The van der Waals surface area contributed by atoms with Crippen LogP contribution in [0.4, 0.5) is 0 Å². The Kier molecular flexibility index (Phi) is 9.54. The molecule has 2 aliphatic rings. The van der Waals surface area contributed by atoms with Crippen molar-refractivity contribution in [1.29, 1.82) is 0 Å². The lowest BCUT2D eigenvalue weighted by Crippen LogP contribution is -2.65. The highest BCUT2D eigenvalue weighted by atomic mass is 16.7. The Hall–Kier alpha value is -2.37. The summed E-state index contributed by atoms with van der Waals surface area (Å²) < 4.78 is 16.1. The highest BCUT2D eigenvalue weighted by Crippen LogP contribution is 2.32. The van der Waals surface area contributed by atoms with Crippen LogP contribution < -0.4 is 0 Å². The first kappa shape index (κ1) is 26.2. The second-order valence-corrected chi connectivity index (χ2v) is 8.54. The van der Waals surface area contributed by atoms with Crippen LogP contribution in [0.25, 0.3) is 0 Å². The SMILES string of the molecule is COC(=O)CCCCCCCCO[C@@H]1O[C@H](CO)[C@H](O)[C@H](O)[C@@H]1N1C(=O)c2ccccc2C1=O. The normalized spacial score (nSPS) is 26.6. The van der Waals surface area contributed by atoms with E-state index in [0.717, 1.165) is 37.0 Å². The molecule has 1 saturated heterocycles. The number of rotatable bonds is 12. The van der Waals surface area contributed by atoms with E-state index in [0.29, 0.717) is 12.8 Å². The van der Waals surface area contributed by atoms with Crippen molar-refractivity contribution in [2.45, 2.75) is 75.6 Å². The molecule has 2 aliphatic heterocycles. The number of aliphatic hydroxyl groups excluding tert-OH is 3. The number of benzene rings is 1. The van der Waals surface area contributed by atoms with Crippen molar-refractivity contribution in [1.82, 2.24) is 4.90 Å². The van der Waals surface area contributed by atoms with Gasteiger partial charge in [0.25, 0.3) is 11.8 Å². The van der Waals surface area contributed by atoms with Crippen molar-refractivity contribution in [2.75, 3.05) is 20.3 Å². The summed E-state index contributed by atoms with van der Waals surface area (Å²) in [6.07, 6.45) is 0.208. The minimum absolute atomic E-state index is 0.206. The molecule has 0 spiro atoms. The lowest BCUT2D eigenvalue weighted by atomic mass is 9.95. The Balaban J connectivity index is 1.56. The van der Waals surface area contributed by atoms with Crippen LogP contribution in [0.3, 0.4) is 0 Å². The highest BCUT2D eigenvalue weighted by Gasteiger charge is 2.53. The van der Waals surface area contributed by atoms with Crippen LogP contribution in [0.15, 0.2) is 24.3 Å². The molecule has 3 N–H and O–H groups in total. The standard InChI is InChI=1S/C24H33NO9/c1-32-18(27)12-6-4-2-3-5-9-13-33-24-19(21(29)20(28)17(14-26)34-24)25-22(30)15-10-7-8-11-16(15)23(25)31/h7-8,10-11,17,19-21,24,26,28-29H,2-6,9,12-14H2,1H3/t17-,19+,20+,21-,24-/m1/s1. The van der Waals surface area contributed by atoms with Crippen LogP contribution in [-0.4, -0.2) is 89.0 Å². The number of ether oxygens (including phenoxy) is 3. The molecule has 1 aromatic rings. The largest absolute Gasteiger partial charge is 0.469 e. The molecule has 1 aromatic carbocycles. The van der Waals surface area contributed by atoms with Crippen LogP contribution in [0.1, 0.15) is 65.7 Å². The van der Waals surface area contributed by atoms with E-state index in [2.05, 4.69) is 4.74 Å². The number of amides is 2. The number of imide groups is 1. The van der Waals surface area contributed by atoms with Crippen LogP contribution >= 0.6 is 0 Å². The second kappa shape index (κ2) is 12.4. The maximum atomic E-state index is 12.9. The zero-order chi connectivity index (χ0) is 24.7. The third kappa shape index (κ3) is 5.81. The fourth-order valence-corrected chi connectivity index (χ4v) is 4.34. The first-order chi connectivity index (χ1) is 16.4. The molecule has 1 fully saturated rings. The van der Waals surface area contributed by atoms with Gasteiger partial charge in [-0.05, 0) is 25.0 Å². The van der Waals surface area contributed by atoms with Gasteiger partial charge in [0, 0.05) is 13.0 Å². The van der Waals surface area contributed by atoms with Gasteiger partial charge in [0.2, 0.25) is 0 Å². The molecule has 3 rings (SSSR count). The Labute approximate surface area is 198 Å². The van der Waals surface area contributed by atoms with Crippen LogP contribution in [-0.2, 0) is 19.0 Å². The predicted molar refractivity (Wildman–Crippen MR) is 119 cm³/mol. The summed E-state index contributed by atoms with van der Waals surface area (Å²) in [5.74, 6) is -1.39. The average molecular weight is 480 g/mol. The van der Waals surface area contributed by atoms with Gasteiger partial charge >= 0.3 is 5.97 Å². The number of aliphatic hydroxyl groups is 3. The Bertz CT molecular complexity index is 826. The number of fused-ring (bicyclic) bond motifs is 1. The molecular formula is C24H33NO9. The van der Waals surface area contributed by atoms with Gasteiger partial charge in [0.05, 0.1) is 24.8 Å². The predicted octanol–water partition coefficient (Wildman–Crippen LogP) is 1.01. The molecule has 0 bridgehead atoms. The zero-order valence-electron chi connectivity index (χ0n) is 19.3. The van der Waals surface area contributed by atoms with Gasteiger partial charge < -0.3 is 29.5 Å². The molecule has 188 valence electrons. The molecule has 2 heterocycles. The molecule has 0 aliphatic carbocycles. The molecule has 0 saturated carbocycles. The summed E-state index contributed by atoms with van der Waals surface area (Å²) in [4.78, 5) is 37.9. The molecule has 34 heavy (non-hydrogen) atoms. The molecule has 0 aromatic heterocycles. The third-order valence-corrected chi connectivity index (χ3v) is 6.26. The van der Waals surface area contributed by atoms with Gasteiger partial charge in [-0.1, -0.05) is 37.8 Å². The first-order valence-corrected chi connectivity index (χ1v) is 11.7. The summed E-state index contributed by atoms with van der Waals surface area (Å²) in [7, 11) is 1.37. The molecule has 0 radical (unpaired) electrons. The smallest absolute Gasteiger partial charge is 0.305 e. The molecule has 5 atom stereocenters. The molecule has 2 amide bonds. The van der Waals surface area contributed by atoms with E-state index in [1.165, 1.54) is 19.2 Å². The number of hydrogen-bond acceptors (Lipinski definition) is 9. The van der Waals surface area contributed by atoms with Crippen molar-refractivity contribution in [3.05, 3.63) is 35.4 Å². The van der Waals surface area contributed by atoms with Gasteiger partial charge in [-0.25, -0.2) is 0 Å². The van der Waals surface area contributed by atoms with Crippen molar-refractivity contribution < 1.29 is 43.9 Å². The Morgan fingerprint density at radius 1 is 0.971 bits per heavy atom. The van der Waals surface area contributed by atoms with Gasteiger partial charge in [-0.3, -0.25) is 19.3 Å². The Morgan fingerprint density at radius 3 is 2.15 bits per heavy atom. The summed E-state index contributed by atoms with van der Waals surface area (Å²) in [5.41, 5.74) is 0.425. The fourth-order valence-electron chi connectivity index (χ4n) is 4.34. The zero-order valence-corrected chi connectivity index (χ0v) is 19.3. The third-order valence-electron chi connectivity index (χ3n) is 6.26. The molecule has 10 nitrogen and oxygen atoms in total. The van der Waals surface area contributed by atoms with Crippen LogP contribution in [0.5, 0.6) is 0 Å². The number of carbonyl (C=O) groups is 3. The quantitative estimate of drug-likeness (QED) is 0.227. The minimum Gasteiger partial charge on any atom is -0.469 e. The summed E-state index contributed by atoms with van der Waals surface area (Å²) in [6, 6.07) is 5.07. The van der Waals surface area contributed by atoms with E-state index in [1.54, 1.807) is 12.1 Å². The second-order valence-electron chi connectivity index (χ2n) is 8.54.